The Kier molecular flexibility index (Phi) is 2.87. The molecule has 2 saturated carbocycles. The highest BCUT2D eigenvalue weighted by atomic mass is 16.2. The van der Waals surface area contributed by atoms with Crippen LogP contribution in [-0.4, -0.2) is 36.5 Å². The molecule has 2 saturated heterocycles. The summed E-state index contributed by atoms with van der Waals surface area (Å²) in [6.07, 6.45) is 6.38. The third-order valence-electron chi connectivity index (χ3n) is 6.47. The SMILES string of the molecule is CCC1C2CNCC2CN1C(=O)C1CC2CCC1C2. The zero-order valence-corrected chi connectivity index (χ0v) is 12.0. The molecule has 0 radical (unpaired) electrons. The zero-order chi connectivity index (χ0) is 13.0. The summed E-state index contributed by atoms with van der Waals surface area (Å²) in [7, 11) is 0. The molecule has 106 valence electrons. The first-order valence-corrected chi connectivity index (χ1v) is 8.29. The summed E-state index contributed by atoms with van der Waals surface area (Å²) in [6, 6.07) is 0.520. The molecule has 3 heteroatoms. The quantitative estimate of drug-likeness (QED) is 0.824. The Labute approximate surface area is 116 Å². The number of hydrogen-bond acceptors (Lipinski definition) is 2. The van der Waals surface area contributed by atoms with Crippen LogP contribution >= 0.6 is 0 Å². The number of likely N-dealkylation sites (tertiary alicyclic amines) is 1. The number of rotatable bonds is 2. The minimum absolute atomic E-state index is 0.389. The van der Waals surface area contributed by atoms with E-state index in [1.807, 2.05) is 0 Å². The van der Waals surface area contributed by atoms with Crippen LogP contribution in [0.25, 0.3) is 0 Å². The van der Waals surface area contributed by atoms with E-state index in [2.05, 4.69) is 17.1 Å². The molecule has 2 bridgehead atoms. The molecule has 1 N–H and O–H groups in total. The van der Waals surface area contributed by atoms with Gasteiger partial charge >= 0.3 is 0 Å². The Balaban J connectivity index is 1.51. The third kappa shape index (κ3) is 1.77. The van der Waals surface area contributed by atoms with Crippen molar-refractivity contribution in [3.8, 4) is 0 Å². The highest BCUT2D eigenvalue weighted by molar-refractivity contribution is 5.80. The van der Waals surface area contributed by atoms with Gasteiger partial charge in [-0.3, -0.25) is 4.79 Å². The van der Waals surface area contributed by atoms with Crippen molar-refractivity contribution in [1.29, 1.82) is 0 Å². The van der Waals surface area contributed by atoms with E-state index in [0.29, 0.717) is 17.9 Å². The fourth-order valence-electron chi connectivity index (χ4n) is 5.56. The van der Waals surface area contributed by atoms with Crippen molar-refractivity contribution >= 4 is 5.91 Å². The predicted molar refractivity (Wildman–Crippen MR) is 74.6 cm³/mol. The molecule has 2 aliphatic heterocycles. The lowest BCUT2D eigenvalue weighted by Crippen LogP contribution is -2.43. The molecule has 2 heterocycles. The van der Waals surface area contributed by atoms with Gasteiger partial charge in [0.1, 0.15) is 0 Å². The second-order valence-corrected chi connectivity index (χ2v) is 7.33. The van der Waals surface area contributed by atoms with E-state index in [0.717, 1.165) is 49.7 Å². The topological polar surface area (TPSA) is 32.3 Å². The van der Waals surface area contributed by atoms with Crippen molar-refractivity contribution in [2.75, 3.05) is 19.6 Å². The Morgan fingerprint density at radius 3 is 2.79 bits per heavy atom. The van der Waals surface area contributed by atoms with Gasteiger partial charge < -0.3 is 10.2 Å². The summed E-state index contributed by atoms with van der Waals surface area (Å²) in [4.78, 5) is 15.2. The van der Waals surface area contributed by atoms with Crippen LogP contribution in [0.5, 0.6) is 0 Å². The molecule has 6 atom stereocenters. The van der Waals surface area contributed by atoms with E-state index in [-0.39, 0.29) is 0 Å². The predicted octanol–water partition coefficient (Wildman–Crippen LogP) is 1.88. The minimum Gasteiger partial charge on any atom is -0.339 e. The van der Waals surface area contributed by atoms with Gasteiger partial charge in [0.05, 0.1) is 0 Å². The van der Waals surface area contributed by atoms with Crippen molar-refractivity contribution in [3.63, 3.8) is 0 Å². The maximum absolute atomic E-state index is 12.9. The van der Waals surface area contributed by atoms with Crippen LogP contribution in [0.2, 0.25) is 0 Å². The van der Waals surface area contributed by atoms with E-state index in [1.54, 1.807) is 0 Å². The first-order chi connectivity index (χ1) is 9.28. The lowest BCUT2D eigenvalue weighted by Gasteiger charge is -2.32. The first-order valence-electron chi connectivity index (χ1n) is 8.29. The molecule has 4 fully saturated rings. The van der Waals surface area contributed by atoms with Gasteiger partial charge in [0.15, 0.2) is 0 Å². The average Bonchev–Trinajstić information content (AvgIpc) is 3.16. The standard InChI is InChI=1S/C16H26N2O/c1-2-15-14-8-17-7-12(14)9-18(15)16(19)13-6-10-3-4-11(13)5-10/h10-15,17H,2-9H2,1H3. The number of carbonyl (C=O) groups excluding carboxylic acids is 1. The van der Waals surface area contributed by atoms with Gasteiger partial charge in [0.2, 0.25) is 5.91 Å². The number of amides is 1. The van der Waals surface area contributed by atoms with Gasteiger partial charge in [0, 0.05) is 31.6 Å². The van der Waals surface area contributed by atoms with Crippen molar-refractivity contribution in [3.05, 3.63) is 0 Å². The van der Waals surface area contributed by atoms with E-state index in [9.17, 15) is 4.79 Å². The molecular weight excluding hydrogens is 236 g/mol. The highest BCUT2D eigenvalue weighted by Crippen LogP contribution is 2.50. The molecule has 0 spiro atoms. The van der Waals surface area contributed by atoms with E-state index < -0.39 is 0 Å². The molecule has 4 rings (SSSR count). The lowest BCUT2D eigenvalue weighted by atomic mass is 9.87. The number of nitrogens with zero attached hydrogens (tertiary/aromatic N) is 1. The van der Waals surface area contributed by atoms with Crippen LogP contribution in [0.15, 0.2) is 0 Å². The molecular formula is C16H26N2O. The van der Waals surface area contributed by atoms with Crippen LogP contribution in [-0.2, 0) is 4.79 Å². The van der Waals surface area contributed by atoms with Crippen molar-refractivity contribution in [2.24, 2.45) is 29.6 Å². The second-order valence-electron chi connectivity index (χ2n) is 7.33. The van der Waals surface area contributed by atoms with Gasteiger partial charge in [0.25, 0.3) is 0 Å². The summed E-state index contributed by atoms with van der Waals surface area (Å²) in [5.74, 6) is 3.98. The van der Waals surface area contributed by atoms with Gasteiger partial charge in [-0.25, -0.2) is 0 Å². The third-order valence-corrected chi connectivity index (χ3v) is 6.47. The van der Waals surface area contributed by atoms with Crippen LogP contribution in [0.1, 0.15) is 39.0 Å². The maximum atomic E-state index is 12.9. The van der Waals surface area contributed by atoms with Gasteiger partial charge in [-0.15, -0.1) is 0 Å². The summed E-state index contributed by atoms with van der Waals surface area (Å²) in [5, 5.41) is 3.51. The van der Waals surface area contributed by atoms with Crippen LogP contribution in [0.3, 0.4) is 0 Å². The fourth-order valence-corrected chi connectivity index (χ4v) is 5.56. The Hall–Kier alpha value is -0.570. The van der Waals surface area contributed by atoms with Crippen LogP contribution in [0.4, 0.5) is 0 Å². The molecule has 19 heavy (non-hydrogen) atoms. The Morgan fingerprint density at radius 1 is 1.21 bits per heavy atom. The van der Waals surface area contributed by atoms with Crippen LogP contribution < -0.4 is 5.32 Å². The number of hydrogen-bond donors (Lipinski definition) is 1. The summed E-state index contributed by atoms with van der Waals surface area (Å²) < 4.78 is 0. The molecule has 0 aromatic heterocycles. The van der Waals surface area contributed by atoms with Gasteiger partial charge in [-0.05, 0) is 49.4 Å². The zero-order valence-electron chi connectivity index (χ0n) is 12.0. The maximum Gasteiger partial charge on any atom is 0.226 e. The van der Waals surface area contributed by atoms with E-state index in [4.69, 9.17) is 0 Å². The monoisotopic (exact) mass is 262 g/mol. The fraction of sp³-hybridized carbons (Fsp3) is 0.938. The minimum atomic E-state index is 0.389. The molecule has 4 aliphatic rings. The lowest BCUT2D eigenvalue weighted by molar-refractivity contribution is -0.138. The van der Waals surface area contributed by atoms with Crippen molar-refractivity contribution in [2.45, 2.75) is 45.1 Å². The van der Waals surface area contributed by atoms with Gasteiger partial charge in [-0.1, -0.05) is 13.3 Å². The molecule has 0 aromatic rings. The summed E-state index contributed by atoms with van der Waals surface area (Å²) >= 11 is 0. The molecule has 6 unspecified atom stereocenters. The Morgan fingerprint density at radius 2 is 2.11 bits per heavy atom. The normalized spacial score (nSPS) is 47.9. The summed E-state index contributed by atoms with van der Waals surface area (Å²) in [5.41, 5.74) is 0. The average molecular weight is 262 g/mol. The number of fused-ring (bicyclic) bond motifs is 3. The molecule has 0 aromatic carbocycles. The van der Waals surface area contributed by atoms with E-state index >= 15 is 0 Å². The molecule has 3 nitrogen and oxygen atoms in total. The van der Waals surface area contributed by atoms with Crippen molar-refractivity contribution < 1.29 is 4.79 Å². The number of nitrogens with one attached hydrogen (secondary N) is 1. The first kappa shape index (κ1) is 12.2. The van der Waals surface area contributed by atoms with Crippen LogP contribution in [0, 0.1) is 29.6 Å². The van der Waals surface area contributed by atoms with Gasteiger partial charge in [-0.2, -0.15) is 0 Å². The highest BCUT2D eigenvalue weighted by Gasteiger charge is 2.50. The van der Waals surface area contributed by atoms with E-state index in [1.165, 1.54) is 25.7 Å². The summed E-state index contributed by atoms with van der Waals surface area (Å²) in [6.45, 7) is 5.54. The molecule has 1 amide bonds. The second kappa shape index (κ2) is 4.47. The molecule has 2 aliphatic carbocycles. The largest absolute Gasteiger partial charge is 0.339 e. The smallest absolute Gasteiger partial charge is 0.226 e. The Bertz CT molecular complexity index is 383. The van der Waals surface area contributed by atoms with Crippen molar-refractivity contribution in [1.82, 2.24) is 10.2 Å². The number of carbonyl (C=O) groups is 1.